The molecule has 2 saturated heterocycles. The number of fused-ring (bicyclic) bond motifs is 1. The molecule has 0 bridgehead atoms. The van der Waals surface area contributed by atoms with E-state index in [1.165, 1.54) is 31.5 Å². The van der Waals surface area contributed by atoms with Gasteiger partial charge in [-0.3, -0.25) is 4.90 Å². The largest absolute Gasteiger partial charge is 0.497 e. The van der Waals surface area contributed by atoms with Crippen molar-refractivity contribution >= 4 is 0 Å². The highest BCUT2D eigenvalue weighted by atomic mass is 16.5. The molecule has 2 fully saturated rings. The van der Waals surface area contributed by atoms with Crippen molar-refractivity contribution in [1.82, 2.24) is 10.2 Å². The molecule has 110 valence electrons. The van der Waals surface area contributed by atoms with E-state index in [0.717, 1.165) is 30.5 Å². The van der Waals surface area contributed by atoms with Crippen molar-refractivity contribution in [2.24, 2.45) is 5.92 Å². The number of nitrogens with zero attached hydrogens (tertiary/aromatic N) is 1. The fraction of sp³-hybridized carbons (Fsp3) is 0.625. The molecule has 0 radical (unpaired) electrons. The molecular formula is C16H24N2O2. The minimum Gasteiger partial charge on any atom is -0.497 e. The average molecular weight is 276 g/mol. The van der Waals surface area contributed by atoms with Gasteiger partial charge in [-0.1, -0.05) is 0 Å². The Bertz CT molecular complexity index is 442. The predicted molar refractivity (Wildman–Crippen MR) is 79.3 cm³/mol. The summed E-state index contributed by atoms with van der Waals surface area (Å²) in [4.78, 5) is 2.61. The molecule has 2 aliphatic heterocycles. The second kappa shape index (κ2) is 6.02. The van der Waals surface area contributed by atoms with Crippen LogP contribution in [0.15, 0.2) is 18.2 Å². The molecule has 1 aromatic carbocycles. The molecule has 2 unspecified atom stereocenters. The van der Waals surface area contributed by atoms with Crippen molar-refractivity contribution in [3.05, 3.63) is 23.8 Å². The molecule has 3 rings (SSSR count). The SMILES string of the molecule is COc1cc(CN2CCCC3CNCC32)cc(OC)c1. The van der Waals surface area contributed by atoms with Crippen molar-refractivity contribution in [3.8, 4) is 11.5 Å². The van der Waals surface area contributed by atoms with Crippen LogP contribution < -0.4 is 14.8 Å². The average Bonchev–Trinajstić information content (AvgIpc) is 2.96. The summed E-state index contributed by atoms with van der Waals surface area (Å²) in [6, 6.07) is 6.86. The van der Waals surface area contributed by atoms with Gasteiger partial charge >= 0.3 is 0 Å². The van der Waals surface area contributed by atoms with Crippen LogP contribution in [-0.4, -0.2) is 44.8 Å². The lowest BCUT2D eigenvalue weighted by Crippen LogP contribution is -2.44. The van der Waals surface area contributed by atoms with Crippen molar-refractivity contribution < 1.29 is 9.47 Å². The van der Waals surface area contributed by atoms with Crippen LogP contribution in [0.3, 0.4) is 0 Å². The van der Waals surface area contributed by atoms with Crippen LogP contribution in [0.25, 0.3) is 0 Å². The Balaban J connectivity index is 1.76. The number of hydrogen-bond acceptors (Lipinski definition) is 4. The molecule has 0 aliphatic carbocycles. The van der Waals surface area contributed by atoms with Gasteiger partial charge < -0.3 is 14.8 Å². The highest BCUT2D eigenvalue weighted by Crippen LogP contribution is 2.29. The number of hydrogen-bond donors (Lipinski definition) is 1. The number of methoxy groups -OCH3 is 2. The molecule has 2 aliphatic rings. The van der Waals surface area contributed by atoms with Crippen molar-refractivity contribution in [3.63, 3.8) is 0 Å². The monoisotopic (exact) mass is 276 g/mol. The van der Waals surface area contributed by atoms with Gasteiger partial charge in [-0.25, -0.2) is 0 Å². The molecule has 0 saturated carbocycles. The standard InChI is InChI=1S/C16H24N2O2/c1-19-14-6-12(7-15(8-14)20-2)11-18-5-3-4-13-9-17-10-16(13)18/h6-8,13,16-17H,3-5,9-11H2,1-2H3. The second-order valence-corrected chi connectivity index (χ2v) is 5.82. The molecule has 4 heteroatoms. The van der Waals surface area contributed by atoms with Gasteiger partial charge in [0.25, 0.3) is 0 Å². The molecular weight excluding hydrogens is 252 g/mol. The van der Waals surface area contributed by atoms with Gasteiger partial charge in [-0.15, -0.1) is 0 Å². The summed E-state index contributed by atoms with van der Waals surface area (Å²) in [5, 5.41) is 3.53. The zero-order valence-electron chi connectivity index (χ0n) is 12.4. The summed E-state index contributed by atoms with van der Waals surface area (Å²) in [6.45, 7) is 4.49. The maximum atomic E-state index is 5.36. The number of ether oxygens (including phenoxy) is 2. The predicted octanol–water partition coefficient (Wildman–Crippen LogP) is 1.89. The number of nitrogens with one attached hydrogen (secondary N) is 1. The third-order valence-corrected chi connectivity index (χ3v) is 4.59. The highest BCUT2D eigenvalue weighted by Gasteiger charge is 2.34. The van der Waals surface area contributed by atoms with Gasteiger partial charge in [0.2, 0.25) is 0 Å². The van der Waals surface area contributed by atoms with E-state index in [4.69, 9.17) is 9.47 Å². The van der Waals surface area contributed by atoms with Crippen molar-refractivity contribution in [2.45, 2.75) is 25.4 Å². The topological polar surface area (TPSA) is 33.7 Å². The van der Waals surface area contributed by atoms with Gasteiger partial charge in [-0.05, 0) is 49.5 Å². The Kier molecular flexibility index (Phi) is 4.13. The smallest absolute Gasteiger partial charge is 0.122 e. The maximum Gasteiger partial charge on any atom is 0.122 e. The van der Waals surface area contributed by atoms with E-state index in [2.05, 4.69) is 22.3 Å². The van der Waals surface area contributed by atoms with Crippen molar-refractivity contribution in [1.29, 1.82) is 0 Å². The zero-order valence-corrected chi connectivity index (χ0v) is 12.4. The third-order valence-electron chi connectivity index (χ3n) is 4.59. The molecule has 1 aromatic rings. The van der Waals surface area contributed by atoms with Gasteiger partial charge in [0, 0.05) is 25.2 Å². The number of piperidine rings is 1. The highest BCUT2D eigenvalue weighted by molar-refractivity contribution is 5.38. The molecule has 0 spiro atoms. The summed E-state index contributed by atoms with van der Waals surface area (Å²) in [5.41, 5.74) is 1.27. The van der Waals surface area contributed by atoms with Crippen molar-refractivity contribution in [2.75, 3.05) is 33.9 Å². The molecule has 0 amide bonds. The van der Waals surface area contributed by atoms with E-state index in [0.29, 0.717) is 6.04 Å². The first kappa shape index (κ1) is 13.7. The molecule has 1 N–H and O–H groups in total. The first-order valence-corrected chi connectivity index (χ1v) is 7.47. The van der Waals surface area contributed by atoms with E-state index in [1.54, 1.807) is 14.2 Å². The second-order valence-electron chi connectivity index (χ2n) is 5.82. The molecule has 0 aromatic heterocycles. The van der Waals surface area contributed by atoms with E-state index >= 15 is 0 Å². The Hall–Kier alpha value is -1.26. The summed E-state index contributed by atoms with van der Waals surface area (Å²) in [6.07, 6.45) is 2.68. The number of rotatable bonds is 4. The minimum absolute atomic E-state index is 0.695. The number of benzene rings is 1. The van der Waals surface area contributed by atoms with Crippen LogP contribution in [-0.2, 0) is 6.54 Å². The molecule has 4 nitrogen and oxygen atoms in total. The first-order valence-electron chi connectivity index (χ1n) is 7.47. The lowest BCUT2D eigenvalue weighted by atomic mass is 9.91. The maximum absolute atomic E-state index is 5.36. The lowest BCUT2D eigenvalue weighted by Gasteiger charge is -2.37. The summed E-state index contributed by atoms with van der Waals surface area (Å²) >= 11 is 0. The normalized spacial score (nSPS) is 26.3. The summed E-state index contributed by atoms with van der Waals surface area (Å²) < 4.78 is 10.7. The van der Waals surface area contributed by atoms with E-state index in [-0.39, 0.29) is 0 Å². The Morgan fingerprint density at radius 3 is 2.60 bits per heavy atom. The Morgan fingerprint density at radius 1 is 1.15 bits per heavy atom. The summed E-state index contributed by atoms with van der Waals surface area (Å²) in [5.74, 6) is 2.58. The van der Waals surface area contributed by atoms with Gasteiger partial charge in [-0.2, -0.15) is 0 Å². The fourth-order valence-corrected chi connectivity index (χ4v) is 3.55. The van der Waals surface area contributed by atoms with Crippen LogP contribution >= 0.6 is 0 Å². The van der Waals surface area contributed by atoms with Crippen LogP contribution in [0.4, 0.5) is 0 Å². The van der Waals surface area contributed by atoms with Crippen LogP contribution in [0.2, 0.25) is 0 Å². The summed E-state index contributed by atoms with van der Waals surface area (Å²) in [7, 11) is 3.41. The molecule has 20 heavy (non-hydrogen) atoms. The van der Waals surface area contributed by atoms with Gasteiger partial charge in [0.15, 0.2) is 0 Å². The Morgan fingerprint density at radius 2 is 1.90 bits per heavy atom. The third kappa shape index (κ3) is 2.76. The van der Waals surface area contributed by atoms with E-state index in [9.17, 15) is 0 Å². The van der Waals surface area contributed by atoms with Crippen LogP contribution in [0, 0.1) is 5.92 Å². The zero-order chi connectivity index (χ0) is 13.9. The quantitative estimate of drug-likeness (QED) is 0.910. The fourth-order valence-electron chi connectivity index (χ4n) is 3.55. The van der Waals surface area contributed by atoms with Gasteiger partial charge in [0.1, 0.15) is 11.5 Å². The van der Waals surface area contributed by atoms with Gasteiger partial charge in [0.05, 0.1) is 14.2 Å². The van der Waals surface area contributed by atoms with Crippen LogP contribution in [0.5, 0.6) is 11.5 Å². The lowest BCUT2D eigenvalue weighted by molar-refractivity contribution is 0.117. The molecule has 2 heterocycles. The van der Waals surface area contributed by atoms with Crippen LogP contribution in [0.1, 0.15) is 18.4 Å². The van der Waals surface area contributed by atoms with E-state index in [1.807, 2.05) is 6.07 Å². The minimum atomic E-state index is 0.695. The Labute approximate surface area is 121 Å². The number of likely N-dealkylation sites (tertiary alicyclic amines) is 1. The van der Waals surface area contributed by atoms with E-state index < -0.39 is 0 Å². The molecule has 2 atom stereocenters. The first-order chi connectivity index (χ1) is 9.80.